The van der Waals surface area contributed by atoms with Gasteiger partial charge < -0.3 is 4.74 Å². The average Bonchev–Trinajstić information content (AvgIpc) is 2.94. The lowest BCUT2D eigenvalue weighted by molar-refractivity contribution is -0.120. The van der Waals surface area contributed by atoms with Gasteiger partial charge >= 0.3 is 0 Å². The molecule has 5 nitrogen and oxygen atoms in total. The number of thiocarbonyl (C=S) groups is 1. The number of para-hydroxylation sites is 2. The predicted octanol–water partition coefficient (Wildman–Crippen LogP) is 6.17. The van der Waals surface area contributed by atoms with Crippen molar-refractivity contribution in [1.29, 1.82) is 0 Å². The molecule has 0 bridgehead atoms. The summed E-state index contributed by atoms with van der Waals surface area (Å²) in [7, 11) is 1.55. The molecule has 1 aliphatic rings. The molecule has 2 amide bonds. The summed E-state index contributed by atoms with van der Waals surface area (Å²) in [5.74, 6) is -0.829. The number of ether oxygens (including phenoxy) is 1. The standard InChI is InChI=1S/C31H23FN2O3S/c1-37-26-17-16-21(23(19-26)18-22-10-8-9-15-28(22)32)20-27-29(35)33(24-11-4-2-5-12-24)31(38)34(30(27)36)25-13-6-3-7-14-25/h2-17,19-20H,18H2,1H3. The molecule has 0 atom stereocenters. The molecule has 188 valence electrons. The molecule has 4 aromatic rings. The second-order valence-electron chi connectivity index (χ2n) is 8.63. The molecule has 5 rings (SSSR count). The highest BCUT2D eigenvalue weighted by Crippen LogP contribution is 2.31. The summed E-state index contributed by atoms with van der Waals surface area (Å²) in [4.78, 5) is 30.3. The number of nitrogens with zero attached hydrogens (tertiary/aromatic N) is 2. The minimum atomic E-state index is -0.536. The Bertz CT molecular complexity index is 1490. The van der Waals surface area contributed by atoms with Crippen LogP contribution in [0.3, 0.4) is 0 Å². The van der Waals surface area contributed by atoms with Crippen molar-refractivity contribution in [2.45, 2.75) is 6.42 Å². The molecule has 1 saturated heterocycles. The number of carbonyl (C=O) groups is 2. The van der Waals surface area contributed by atoms with Gasteiger partial charge in [0.2, 0.25) is 0 Å². The lowest BCUT2D eigenvalue weighted by atomic mass is 9.96. The molecule has 0 spiro atoms. The number of rotatable bonds is 6. The summed E-state index contributed by atoms with van der Waals surface area (Å²) in [6.07, 6.45) is 1.79. The van der Waals surface area contributed by atoms with E-state index in [0.717, 1.165) is 0 Å². The predicted molar refractivity (Wildman–Crippen MR) is 151 cm³/mol. The molecule has 0 N–H and O–H groups in total. The molecule has 1 fully saturated rings. The van der Waals surface area contributed by atoms with E-state index in [1.165, 1.54) is 15.9 Å². The number of anilines is 2. The van der Waals surface area contributed by atoms with E-state index in [2.05, 4.69) is 0 Å². The van der Waals surface area contributed by atoms with Gasteiger partial charge in [-0.05, 0) is 77.4 Å². The number of carbonyl (C=O) groups excluding carboxylic acids is 2. The van der Waals surface area contributed by atoms with Crippen LogP contribution in [0.1, 0.15) is 16.7 Å². The summed E-state index contributed by atoms with van der Waals surface area (Å²) in [6, 6.07) is 29.7. The Morgan fingerprint density at radius 3 is 1.87 bits per heavy atom. The van der Waals surface area contributed by atoms with Crippen LogP contribution >= 0.6 is 12.2 Å². The quantitative estimate of drug-likeness (QED) is 0.173. The van der Waals surface area contributed by atoms with Crippen molar-refractivity contribution < 1.29 is 18.7 Å². The molecular formula is C31H23FN2O3S. The van der Waals surface area contributed by atoms with Crippen LogP contribution in [-0.4, -0.2) is 24.0 Å². The van der Waals surface area contributed by atoms with Gasteiger partial charge in [-0.3, -0.25) is 19.4 Å². The Labute approximate surface area is 225 Å². The van der Waals surface area contributed by atoms with E-state index >= 15 is 0 Å². The van der Waals surface area contributed by atoms with E-state index < -0.39 is 11.8 Å². The van der Waals surface area contributed by atoms with Crippen molar-refractivity contribution in [3.05, 3.63) is 131 Å². The summed E-state index contributed by atoms with van der Waals surface area (Å²) < 4.78 is 19.9. The summed E-state index contributed by atoms with van der Waals surface area (Å²) in [5, 5.41) is 0.0656. The highest BCUT2D eigenvalue weighted by Gasteiger charge is 2.41. The SMILES string of the molecule is COc1ccc(C=C2C(=O)N(c3ccccc3)C(=S)N(c3ccccc3)C2=O)c(Cc2ccccc2F)c1. The maximum atomic E-state index is 14.5. The van der Waals surface area contributed by atoms with Gasteiger partial charge in [0.1, 0.15) is 17.1 Å². The lowest BCUT2D eigenvalue weighted by Crippen LogP contribution is -2.56. The monoisotopic (exact) mass is 522 g/mol. The number of benzene rings is 4. The summed E-state index contributed by atoms with van der Waals surface area (Å²) in [5.41, 5.74) is 2.81. The molecule has 0 unspecified atom stereocenters. The zero-order valence-electron chi connectivity index (χ0n) is 20.5. The van der Waals surface area contributed by atoms with Gasteiger partial charge in [0, 0.05) is 6.42 Å². The van der Waals surface area contributed by atoms with Gasteiger partial charge in [0.25, 0.3) is 11.8 Å². The molecule has 0 aromatic heterocycles. The Balaban J connectivity index is 1.65. The maximum absolute atomic E-state index is 14.5. The zero-order valence-corrected chi connectivity index (χ0v) is 21.3. The van der Waals surface area contributed by atoms with E-state index in [-0.39, 0.29) is 22.9 Å². The molecule has 1 heterocycles. The van der Waals surface area contributed by atoms with Crippen LogP contribution in [0.25, 0.3) is 6.08 Å². The molecule has 0 saturated carbocycles. The molecule has 1 aliphatic heterocycles. The summed E-state index contributed by atoms with van der Waals surface area (Å²) in [6.45, 7) is 0. The number of amides is 2. The Kier molecular flexibility index (Phi) is 7.11. The first kappa shape index (κ1) is 25.0. The lowest BCUT2D eigenvalue weighted by Gasteiger charge is -2.36. The Morgan fingerprint density at radius 1 is 0.763 bits per heavy atom. The second-order valence-corrected chi connectivity index (χ2v) is 8.99. The fraction of sp³-hybridized carbons (Fsp3) is 0.0645. The zero-order chi connectivity index (χ0) is 26.6. The third-order valence-electron chi connectivity index (χ3n) is 6.27. The van der Waals surface area contributed by atoms with Crippen LogP contribution in [-0.2, 0) is 16.0 Å². The molecular weight excluding hydrogens is 499 g/mol. The highest BCUT2D eigenvalue weighted by molar-refractivity contribution is 7.81. The van der Waals surface area contributed by atoms with Crippen molar-refractivity contribution in [3.63, 3.8) is 0 Å². The van der Waals surface area contributed by atoms with Crippen LogP contribution in [0, 0.1) is 5.82 Å². The minimum Gasteiger partial charge on any atom is -0.497 e. The molecule has 4 aromatic carbocycles. The Hall–Kier alpha value is -4.62. The third-order valence-corrected chi connectivity index (χ3v) is 6.63. The van der Waals surface area contributed by atoms with Crippen molar-refractivity contribution >= 4 is 46.6 Å². The number of methoxy groups -OCH3 is 1. The number of hydrogen-bond donors (Lipinski definition) is 0. The topological polar surface area (TPSA) is 49.9 Å². The van der Waals surface area contributed by atoms with Gasteiger partial charge in [-0.15, -0.1) is 0 Å². The first-order valence-electron chi connectivity index (χ1n) is 11.9. The van der Waals surface area contributed by atoms with Gasteiger partial charge in [-0.2, -0.15) is 0 Å². The van der Waals surface area contributed by atoms with Crippen molar-refractivity contribution in [3.8, 4) is 5.75 Å². The third kappa shape index (κ3) is 4.84. The molecule has 38 heavy (non-hydrogen) atoms. The van der Waals surface area contributed by atoms with Crippen molar-refractivity contribution in [1.82, 2.24) is 0 Å². The van der Waals surface area contributed by atoms with Crippen LogP contribution < -0.4 is 14.5 Å². The van der Waals surface area contributed by atoms with Crippen LogP contribution in [0.15, 0.2) is 109 Å². The van der Waals surface area contributed by atoms with E-state index in [9.17, 15) is 14.0 Å². The highest BCUT2D eigenvalue weighted by atomic mass is 32.1. The van der Waals surface area contributed by atoms with Gasteiger partial charge in [0.15, 0.2) is 5.11 Å². The fourth-order valence-corrected chi connectivity index (χ4v) is 4.72. The van der Waals surface area contributed by atoms with E-state index in [0.29, 0.717) is 33.8 Å². The Morgan fingerprint density at radius 2 is 1.32 bits per heavy atom. The molecule has 0 aliphatic carbocycles. The normalized spacial score (nSPS) is 13.6. The average molecular weight is 523 g/mol. The van der Waals surface area contributed by atoms with Gasteiger partial charge in [-0.1, -0.05) is 60.7 Å². The molecule has 7 heteroatoms. The minimum absolute atomic E-state index is 0.0637. The van der Waals surface area contributed by atoms with Crippen LogP contribution in [0.5, 0.6) is 5.75 Å². The number of hydrogen-bond acceptors (Lipinski definition) is 4. The van der Waals surface area contributed by atoms with Crippen molar-refractivity contribution in [2.24, 2.45) is 0 Å². The van der Waals surface area contributed by atoms with E-state index in [1.54, 1.807) is 98.1 Å². The summed E-state index contributed by atoms with van der Waals surface area (Å²) >= 11 is 5.67. The maximum Gasteiger partial charge on any atom is 0.270 e. The second kappa shape index (κ2) is 10.8. The van der Waals surface area contributed by atoms with E-state index in [1.807, 2.05) is 12.1 Å². The van der Waals surface area contributed by atoms with Gasteiger partial charge in [-0.25, -0.2) is 4.39 Å². The van der Waals surface area contributed by atoms with Crippen LogP contribution in [0.2, 0.25) is 0 Å². The smallest absolute Gasteiger partial charge is 0.270 e. The first-order chi connectivity index (χ1) is 18.5. The largest absolute Gasteiger partial charge is 0.497 e. The fourth-order valence-electron chi connectivity index (χ4n) is 4.34. The van der Waals surface area contributed by atoms with Gasteiger partial charge in [0.05, 0.1) is 18.5 Å². The first-order valence-corrected chi connectivity index (χ1v) is 12.3. The number of halogens is 1. The van der Waals surface area contributed by atoms with Crippen molar-refractivity contribution in [2.75, 3.05) is 16.9 Å². The van der Waals surface area contributed by atoms with Crippen LogP contribution in [0.4, 0.5) is 15.8 Å². The van der Waals surface area contributed by atoms with E-state index in [4.69, 9.17) is 17.0 Å². The molecule has 0 radical (unpaired) electrons.